The standard InChI is InChI=1S/C10H13NO2S/c1-9(12)14-7-3-6-13-10-4-2-5-11-8-10/h2,4-5,8H,3,6-7H2,1H3. The first-order valence-electron chi connectivity index (χ1n) is 4.45. The van der Waals surface area contributed by atoms with Gasteiger partial charge >= 0.3 is 0 Å². The Balaban J connectivity index is 2.08. The second-order valence-corrected chi connectivity index (χ2v) is 4.00. The van der Waals surface area contributed by atoms with Crippen molar-refractivity contribution in [2.75, 3.05) is 12.4 Å². The molecule has 14 heavy (non-hydrogen) atoms. The number of carbonyl (C=O) groups excluding carboxylic acids is 1. The van der Waals surface area contributed by atoms with Gasteiger partial charge in [0.15, 0.2) is 5.12 Å². The van der Waals surface area contributed by atoms with Gasteiger partial charge in [-0.2, -0.15) is 0 Å². The lowest BCUT2D eigenvalue weighted by atomic mass is 10.4. The topological polar surface area (TPSA) is 39.2 Å². The largest absolute Gasteiger partial charge is 0.492 e. The van der Waals surface area contributed by atoms with Crippen molar-refractivity contribution in [3.63, 3.8) is 0 Å². The van der Waals surface area contributed by atoms with Crippen LogP contribution in [-0.4, -0.2) is 22.5 Å². The Labute approximate surface area is 87.9 Å². The van der Waals surface area contributed by atoms with E-state index in [2.05, 4.69) is 4.98 Å². The third-order valence-corrected chi connectivity index (χ3v) is 2.40. The van der Waals surface area contributed by atoms with Crippen LogP contribution in [0.3, 0.4) is 0 Å². The first kappa shape index (κ1) is 11.0. The maximum absolute atomic E-state index is 10.6. The molecule has 0 spiro atoms. The van der Waals surface area contributed by atoms with Gasteiger partial charge in [0.2, 0.25) is 0 Å². The van der Waals surface area contributed by atoms with Gasteiger partial charge in [-0.3, -0.25) is 9.78 Å². The predicted octanol–water partition coefficient (Wildman–Crippen LogP) is 2.13. The highest BCUT2D eigenvalue weighted by atomic mass is 32.2. The molecule has 0 aliphatic rings. The number of rotatable bonds is 5. The molecular formula is C10H13NO2S. The van der Waals surface area contributed by atoms with Crippen LogP contribution in [-0.2, 0) is 4.79 Å². The van der Waals surface area contributed by atoms with Crippen LogP contribution in [0.25, 0.3) is 0 Å². The number of thioether (sulfide) groups is 1. The van der Waals surface area contributed by atoms with E-state index < -0.39 is 0 Å². The van der Waals surface area contributed by atoms with E-state index in [0.29, 0.717) is 6.61 Å². The zero-order chi connectivity index (χ0) is 10.2. The zero-order valence-corrected chi connectivity index (χ0v) is 8.92. The van der Waals surface area contributed by atoms with Crippen LogP contribution < -0.4 is 4.74 Å². The van der Waals surface area contributed by atoms with E-state index in [1.165, 1.54) is 11.8 Å². The highest BCUT2D eigenvalue weighted by Gasteiger charge is 1.95. The van der Waals surface area contributed by atoms with Crippen molar-refractivity contribution in [1.82, 2.24) is 4.98 Å². The molecule has 0 N–H and O–H groups in total. The van der Waals surface area contributed by atoms with E-state index in [-0.39, 0.29) is 5.12 Å². The van der Waals surface area contributed by atoms with E-state index in [9.17, 15) is 4.79 Å². The molecule has 0 saturated heterocycles. The summed E-state index contributed by atoms with van der Waals surface area (Å²) in [5.74, 6) is 1.59. The van der Waals surface area contributed by atoms with Gasteiger partial charge in [0.1, 0.15) is 5.75 Å². The Bertz CT molecular complexity index is 277. The summed E-state index contributed by atoms with van der Waals surface area (Å²) in [6.45, 7) is 2.21. The number of aromatic nitrogens is 1. The minimum absolute atomic E-state index is 0.159. The molecule has 4 heteroatoms. The van der Waals surface area contributed by atoms with Crippen LogP contribution in [0.4, 0.5) is 0 Å². The molecule has 0 saturated carbocycles. The molecule has 0 fully saturated rings. The van der Waals surface area contributed by atoms with Crippen molar-refractivity contribution >= 4 is 16.9 Å². The van der Waals surface area contributed by atoms with Crippen LogP contribution in [0.5, 0.6) is 5.75 Å². The van der Waals surface area contributed by atoms with Gasteiger partial charge in [0, 0.05) is 18.9 Å². The summed E-state index contributed by atoms with van der Waals surface area (Å²) in [5.41, 5.74) is 0. The number of ether oxygens (including phenoxy) is 1. The summed E-state index contributed by atoms with van der Waals surface area (Å²) in [7, 11) is 0. The Morgan fingerprint density at radius 3 is 3.14 bits per heavy atom. The van der Waals surface area contributed by atoms with Crippen molar-refractivity contribution in [2.45, 2.75) is 13.3 Å². The zero-order valence-electron chi connectivity index (χ0n) is 8.10. The summed E-state index contributed by atoms with van der Waals surface area (Å²) in [6.07, 6.45) is 4.26. The van der Waals surface area contributed by atoms with E-state index in [1.807, 2.05) is 12.1 Å². The molecule has 0 aromatic carbocycles. The average Bonchev–Trinajstić information content (AvgIpc) is 2.18. The van der Waals surface area contributed by atoms with Crippen molar-refractivity contribution in [3.05, 3.63) is 24.5 Å². The molecule has 1 heterocycles. The van der Waals surface area contributed by atoms with E-state index in [4.69, 9.17) is 4.74 Å². The number of carbonyl (C=O) groups is 1. The maximum atomic E-state index is 10.6. The SMILES string of the molecule is CC(=O)SCCCOc1cccnc1. The number of hydrogen-bond donors (Lipinski definition) is 0. The quantitative estimate of drug-likeness (QED) is 0.699. The lowest BCUT2D eigenvalue weighted by Crippen LogP contribution is -1.99. The van der Waals surface area contributed by atoms with Gasteiger partial charge in [0.25, 0.3) is 0 Å². The maximum Gasteiger partial charge on any atom is 0.185 e. The predicted molar refractivity (Wildman–Crippen MR) is 57.5 cm³/mol. The Morgan fingerprint density at radius 2 is 2.50 bits per heavy atom. The average molecular weight is 211 g/mol. The smallest absolute Gasteiger partial charge is 0.185 e. The lowest BCUT2D eigenvalue weighted by Gasteiger charge is -2.03. The molecule has 0 amide bonds. The number of nitrogens with zero attached hydrogens (tertiary/aromatic N) is 1. The molecule has 0 atom stereocenters. The molecule has 0 aliphatic heterocycles. The van der Waals surface area contributed by atoms with E-state index in [0.717, 1.165) is 17.9 Å². The van der Waals surface area contributed by atoms with Crippen molar-refractivity contribution in [3.8, 4) is 5.75 Å². The molecule has 1 aromatic rings. The second kappa shape index (κ2) is 6.43. The first-order valence-corrected chi connectivity index (χ1v) is 5.44. The van der Waals surface area contributed by atoms with Crippen molar-refractivity contribution in [1.29, 1.82) is 0 Å². The Kier molecular flexibility index (Phi) is 5.07. The van der Waals surface area contributed by atoms with Gasteiger partial charge in [-0.25, -0.2) is 0 Å². The highest BCUT2D eigenvalue weighted by molar-refractivity contribution is 8.13. The van der Waals surface area contributed by atoms with Crippen LogP contribution in [0.15, 0.2) is 24.5 Å². The molecule has 3 nitrogen and oxygen atoms in total. The van der Waals surface area contributed by atoms with E-state index in [1.54, 1.807) is 19.3 Å². The van der Waals surface area contributed by atoms with Crippen LogP contribution >= 0.6 is 11.8 Å². The third kappa shape index (κ3) is 4.87. The normalized spacial score (nSPS) is 9.79. The van der Waals surface area contributed by atoms with Crippen molar-refractivity contribution < 1.29 is 9.53 Å². The van der Waals surface area contributed by atoms with Gasteiger partial charge in [0.05, 0.1) is 12.8 Å². The fourth-order valence-electron chi connectivity index (χ4n) is 0.897. The summed E-state index contributed by atoms with van der Waals surface area (Å²) in [5, 5.41) is 0.159. The second-order valence-electron chi connectivity index (χ2n) is 2.73. The number of pyridine rings is 1. The molecule has 0 aliphatic carbocycles. The fraction of sp³-hybridized carbons (Fsp3) is 0.400. The molecule has 76 valence electrons. The molecule has 1 rings (SSSR count). The summed E-state index contributed by atoms with van der Waals surface area (Å²) >= 11 is 1.33. The minimum Gasteiger partial charge on any atom is -0.492 e. The summed E-state index contributed by atoms with van der Waals surface area (Å²) in [4.78, 5) is 14.5. The molecule has 0 radical (unpaired) electrons. The van der Waals surface area contributed by atoms with E-state index >= 15 is 0 Å². The van der Waals surface area contributed by atoms with Crippen molar-refractivity contribution in [2.24, 2.45) is 0 Å². The first-order chi connectivity index (χ1) is 6.79. The summed E-state index contributed by atoms with van der Waals surface area (Å²) in [6, 6.07) is 3.70. The van der Waals surface area contributed by atoms with Gasteiger partial charge in [-0.1, -0.05) is 11.8 Å². The molecule has 1 aromatic heterocycles. The Morgan fingerprint density at radius 1 is 1.64 bits per heavy atom. The highest BCUT2D eigenvalue weighted by Crippen LogP contribution is 2.08. The van der Waals surface area contributed by atoms with Crippen LogP contribution in [0.2, 0.25) is 0 Å². The summed E-state index contributed by atoms with van der Waals surface area (Å²) < 4.78 is 5.40. The third-order valence-electron chi connectivity index (χ3n) is 1.50. The Hall–Kier alpha value is -1.03. The van der Waals surface area contributed by atoms with Crippen LogP contribution in [0, 0.1) is 0 Å². The lowest BCUT2D eigenvalue weighted by molar-refractivity contribution is -0.109. The van der Waals surface area contributed by atoms with Crippen LogP contribution in [0.1, 0.15) is 13.3 Å². The van der Waals surface area contributed by atoms with Gasteiger partial charge in [-0.05, 0) is 18.6 Å². The molecule has 0 bridgehead atoms. The fourth-order valence-corrected chi connectivity index (χ4v) is 1.45. The molecular weight excluding hydrogens is 198 g/mol. The minimum atomic E-state index is 0.159. The van der Waals surface area contributed by atoms with Gasteiger partial charge in [-0.15, -0.1) is 0 Å². The molecule has 0 unspecified atom stereocenters. The number of hydrogen-bond acceptors (Lipinski definition) is 4. The van der Waals surface area contributed by atoms with Gasteiger partial charge < -0.3 is 4.74 Å². The monoisotopic (exact) mass is 211 g/mol.